The molecule has 0 aliphatic carbocycles. The second-order valence-corrected chi connectivity index (χ2v) is 5.47. The Morgan fingerprint density at radius 3 is 2.31 bits per heavy atom. The Morgan fingerprint density at radius 1 is 1.19 bits per heavy atom. The number of aryl methyl sites for hydroxylation is 1. The molecular weight excluding hydrogens is 301 g/mol. The molecule has 0 saturated heterocycles. The van der Waals surface area contributed by atoms with Gasteiger partial charge in [0, 0.05) is 0 Å². The van der Waals surface area contributed by atoms with Gasteiger partial charge in [-0.3, -0.25) is 0 Å². The van der Waals surface area contributed by atoms with Crippen molar-refractivity contribution >= 4 is 24.3 Å². The van der Waals surface area contributed by atoms with Gasteiger partial charge in [-0.1, -0.05) is 0 Å². The molecule has 1 aromatic carbocycles. The smallest absolute Gasteiger partial charge is 0.112 e. The van der Waals surface area contributed by atoms with Crippen molar-refractivity contribution in [3.63, 3.8) is 0 Å². The van der Waals surface area contributed by atoms with Crippen LogP contribution in [0.3, 0.4) is 0 Å². The summed E-state index contributed by atoms with van der Waals surface area (Å²) in [6.45, 7) is 3.29. The van der Waals surface area contributed by atoms with Gasteiger partial charge in [0.15, 0.2) is 0 Å². The molecule has 0 atom stereocenters. The van der Waals surface area contributed by atoms with E-state index in [0.29, 0.717) is 14.5 Å². The quantitative estimate of drug-likeness (QED) is 0.402. The van der Waals surface area contributed by atoms with Gasteiger partial charge < -0.3 is 0 Å². The van der Waals surface area contributed by atoms with E-state index in [9.17, 15) is 0 Å². The van der Waals surface area contributed by atoms with Gasteiger partial charge in [0.1, 0.15) is 0 Å². The SMILES string of the molecule is CC[n+]1c[se]c2ccccc21.[O-][Cl+3]([O-])([O-])[O-]. The minimum Gasteiger partial charge on any atom is -0.222 e. The summed E-state index contributed by atoms with van der Waals surface area (Å²) in [6, 6.07) is 8.65. The average molecular weight is 311 g/mol. The minimum atomic E-state index is -4.94. The summed E-state index contributed by atoms with van der Waals surface area (Å²) in [5.74, 6) is 0. The molecule has 1 aromatic heterocycles. The molecule has 0 fully saturated rings. The fraction of sp³-hybridized carbons (Fsp3) is 0.222. The van der Waals surface area contributed by atoms with Gasteiger partial charge in [0.05, 0.1) is 0 Å². The van der Waals surface area contributed by atoms with Crippen LogP contribution in [0.4, 0.5) is 0 Å². The summed E-state index contributed by atoms with van der Waals surface area (Å²) in [6.07, 6.45) is 0. The Kier molecular flexibility index (Phi) is 4.88. The van der Waals surface area contributed by atoms with Crippen molar-refractivity contribution in [1.29, 1.82) is 0 Å². The largest absolute Gasteiger partial charge is 0.222 e. The number of hydrogen-bond acceptors (Lipinski definition) is 4. The molecule has 0 saturated carbocycles. The topological polar surface area (TPSA) is 96.1 Å². The molecule has 0 spiro atoms. The number of nitrogens with zero attached hydrogens (tertiary/aromatic N) is 1. The van der Waals surface area contributed by atoms with E-state index < -0.39 is 10.2 Å². The molecule has 0 aliphatic heterocycles. The Morgan fingerprint density at radius 2 is 1.75 bits per heavy atom. The maximum absolute atomic E-state index is 8.49. The molecule has 0 bridgehead atoms. The Bertz CT molecular complexity index is 448. The van der Waals surface area contributed by atoms with Crippen LogP contribution in [0.1, 0.15) is 6.92 Å². The molecule has 16 heavy (non-hydrogen) atoms. The third-order valence-electron chi connectivity index (χ3n) is 1.82. The van der Waals surface area contributed by atoms with E-state index in [1.807, 2.05) is 0 Å². The van der Waals surface area contributed by atoms with Gasteiger partial charge in [0.25, 0.3) is 0 Å². The van der Waals surface area contributed by atoms with Crippen LogP contribution in [0, 0.1) is 10.2 Å². The number of para-hydroxylation sites is 1. The van der Waals surface area contributed by atoms with Crippen molar-refractivity contribution in [2.45, 2.75) is 13.5 Å². The predicted octanol–water partition coefficient (Wildman–Crippen LogP) is -3.55. The zero-order chi connectivity index (χ0) is 12.2. The Labute approximate surface area is 101 Å². The van der Waals surface area contributed by atoms with Crippen LogP contribution in [-0.4, -0.2) is 14.5 Å². The zero-order valence-electron chi connectivity index (χ0n) is 8.46. The molecule has 0 radical (unpaired) electrons. The first-order chi connectivity index (χ1) is 7.42. The first kappa shape index (κ1) is 13.6. The summed E-state index contributed by atoms with van der Waals surface area (Å²) in [5.41, 5.74) is 1.41. The second-order valence-electron chi connectivity index (χ2n) is 2.85. The van der Waals surface area contributed by atoms with E-state index in [0.717, 1.165) is 6.54 Å². The maximum Gasteiger partial charge on any atom is -0.112 e. The molecular formula is C9H10ClNO4Se. The fourth-order valence-electron chi connectivity index (χ4n) is 1.22. The molecule has 0 amide bonds. The summed E-state index contributed by atoms with van der Waals surface area (Å²) in [5, 5.41) is 2.32. The molecule has 0 N–H and O–H groups in total. The Hall–Kier alpha value is -0.461. The molecule has 7 heteroatoms. The van der Waals surface area contributed by atoms with Crippen molar-refractivity contribution < 1.29 is 33.4 Å². The summed E-state index contributed by atoms with van der Waals surface area (Å²) in [7, 11) is -4.94. The van der Waals surface area contributed by atoms with Crippen molar-refractivity contribution in [2.75, 3.05) is 0 Å². The van der Waals surface area contributed by atoms with E-state index in [2.05, 4.69) is 40.8 Å². The van der Waals surface area contributed by atoms with Gasteiger partial charge in [-0.15, -0.1) is 10.2 Å². The van der Waals surface area contributed by atoms with Gasteiger partial charge >= 0.3 is 71.7 Å². The van der Waals surface area contributed by atoms with Crippen LogP contribution in [0.2, 0.25) is 0 Å². The number of rotatable bonds is 1. The maximum atomic E-state index is 8.49. The summed E-state index contributed by atoms with van der Waals surface area (Å²) >= 11 is 0.576. The molecule has 88 valence electrons. The number of aromatic nitrogens is 1. The summed E-state index contributed by atoms with van der Waals surface area (Å²) < 4.78 is 37.8. The van der Waals surface area contributed by atoms with E-state index in [4.69, 9.17) is 18.6 Å². The number of halogens is 1. The second kappa shape index (κ2) is 5.74. The molecule has 1 heterocycles. The van der Waals surface area contributed by atoms with E-state index in [1.165, 1.54) is 9.78 Å². The van der Waals surface area contributed by atoms with Gasteiger partial charge in [-0.2, -0.15) is 0 Å². The average Bonchev–Trinajstić information content (AvgIpc) is 2.58. The molecule has 2 aromatic rings. The normalized spacial score (nSPS) is 11.1. The first-order valence-corrected chi connectivity index (χ1v) is 7.47. The van der Waals surface area contributed by atoms with Crippen molar-refractivity contribution in [3.05, 3.63) is 29.3 Å². The van der Waals surface area contributed by atoms with E-state index >= 15 is 0 Å². The molecule has 0 unspecified atom stereocenters. The van der Waals surface area contributed by atoms with Crippen LogP contribution in [0.15, 0.2) is 29.3 Å². The Balaban J connectivity index is 0.000000221. The molecule has 0 aliphatic rings. The van der Waals surface area contributed by atoms with Crippen molar-refractivity contribution in [1.82, 2.24) is 0 Å². The summed E-state index contributed by atoms with van der Waals surface area (Å²) in [4.78, 5) is 0. The van der Waals surface area contributed by atoms with E-state index in [1.54, 1.807) is 0 Å². The monoisotopic (exact) mass is 311 g/mol. The van der Waals surface area contributed by atoms with Crippen molar-refractivity contribution in [2.24, 2.45) is 0 Å². The van der Waals surface area contributed by atoms with Crippen molar-refractivity contribution in [3.8, 4) is 0 Å². The third-order valence-corrected chi connectivity index (χ3v) is 3.83. The van der Waals surface area contributed by atoms with Gasteiger partial charge in [-0.25, -0.2) is 18.6 Å². The van der Waals surface area contributed by atoms with E-state index in [-0.39, 0.29) is 0 Å². The van der Waals surface area contributed by atoms with Crippen LogP contribution < -0.4 is 23.2 Å². The molecule has 2 rings (SSSR count). The van der Waals surface area contributed by atoms with Crippen LogP contribution in [0.25, 0.3) is 9.78 Å². The number of hydrogen-bond donors (Lipinski definition) is 0. The standard InChI is InChI=1S/C9H10NSe.ClHO4/c1-2-10-7-11-9-6-4-3-5-8(9)10;2-1(3,4)5/h3-7H,2H2,1H3;(H,2,3,4,5)/q+1;/p-1. The third kappa shape index (κ3) is 4.59. The first-order valence-electron chi connectivity index (χ1n) is 4.39. The van der Waals surface area contributed by atoms with Gasteiger partial charge in [0.2, 0.25) is 0 Å². The molecule has 5 nitrogen and oxygen atoms in total. The van der Waals surface area contributed by atoms with Crippen LogP contribution in [0.5, 0.6) is 0 Å². The minimum absolute atomic E-state index is 0.576. The zero-order valence-corrected chi connectivity index (χ0v) is 10.9. The van der Waals surface area contributed by atoms with Crippen LogP contribution in [-0.2, 0) is 6.54 Å². The fourth-order valence-corrected chi connectivity index (χ4v) is 3.24. The number of benzene rings is 1. The predicted molar refractivity (Wildman–Crippen MR) is 46.8 cm³/mol. The van der Waals surface area contributed by atoms with Crippen LogP contribution >= 0.6 is 0 Å². The number of fused-ring (bicyclic) bond motifs is 1. The van der Waals surface area contributed by atoms with Gasteiger partial charge in [-0.05, 0) is 0 Å².